The minimum absolute atomic E-state index is 0.129. The molecule has 1 aromatic heterocycles. The summed E-state index contributed by atoms with van der Waals surface area (Å²) in [7, 11) is -0.133. The number of amides is 1. The second kappa shape index (κ2) is 8.76. The van der Waals surface area contributed by atoms with E-state index in [0.29, 0.717) is 11.6 Å². The summed E-state index contributed by atoms with van der Waals surface area (Å²) in [5.41, 5.74) is 1.19. The van der Waals surface area contributed by atoms with E-state index in [1.165, 1.54) is 18.2 Å². The zero-order chi connectivity index (χ0) is 21.9. The third-order valence-corrected chi connectivity index (χ3v) is 5.29. The van der Waals surface area contributed by atoms with Crippen molar-refractivity contribution in [3.8, 4) is 5.75 Å². The van der Waals surface area contributed by atoms with Gasteiger partial charge in [0.1, 0.15) is 17.6 Å². The van der Waals surface area contributed by atoms with Crippen molar-refractivity contribution in [2.45, 2.75) is 6.04 Å². The van der Waals surface area contributed by atoms with Crippen LogP contribution in [0.3, 0.4) is 0 Å². The van der Waals surface area contributed by atoms with Gasteiger partial charge in [-0.2, -0.15) is 0 Å². The molecule has 0 aliphatic rings. The number of methoxy groups -OCH3 is 1. The maximum atomic E-state index is 13.0. The van der Waals surface area contributed by atoms with E-state index in [-0.39, 0.29) is 16.3 Å². The van der Waals surface area contributed by atoms with Crippen LogP contribution >= 0.6 is 11.6 Å². The topological polar surface area (TPSA) is 102 Å². The Labute approximate surface area is 179 Å². The van der Waals surface area contributed by atoms with Crippen LogP contribution in [0.1, 0.15) is 27.8 Å². The fourth-order valence-corrected chi connectivity index (χ4v) is 3.70. The molecule has 1 unspecified atom stereocenters. The molecular formula is C20H21ClN4O4S. The van der Waals surface area contributed by atoms with E-state index in [9.17, 15) is 13.2 Å². The van der Waals surface area contributed by atoms with E-state index in [1.54, 1.807) is 31.6 Å². The first-order valence-corrected chi connectivity index (χ1v) is 11.1. The molecule has 0 aliphatic carbocycles. The van der Waals surface area contributed by atoms with E-state index in [4.69, 9.17) is 16.3 Å². The summed E-state index contributed by atoms with van der Waals surface area (Å²) < 4.78 is 32.4. The number of aryl methyl sites for hydroxylation is 1. The van der Waals surface area contributed by atoms with Crippen LogP contribution in [0, 0.1) is 0 Å². The van der Waals surface area contributed by atoms with Crippen LogP contribution < -0.4 is 14.8 Å². The first kappa shape index (κ1) is 21.7. The van der Waals surface area contributed by atoms with E-state index in [0.717, 1.165) is 11.8 Å². The number of rotatable bonds is 7. The molecule has 8 nitrogen and oxygen atoms in total. The Bertz CT molecular complexity index is 1160. The van der Waals surface area contributed by atoms with E-state index in [2.05, 4.69) is 15.0 Å². The van der Waals surface area contributed by atoms with Crippen molar-refractivity contribution in [3.05, 3.63) is 76.8 Å². The number of anilines is 1. The molecule has 0 saturated heterocycles. The molecule has 1 amide bonds. The van der Waals surface area contributed by atoms with Crippen LogP contribution in [0.4, 0.5) is 5.69 Å². The molecule has 158 valence electrons. The molecule has 0 fully saturated rings. The number of halogens is 1. The lowest BCUT2D eigenvalue weighted by Crippen LogP contribution is -2.31. The number of hydrogen-bond donors (Lipinski definition) is 2. The molecule has 1 heterocycles. The summed E-state index contributed by atoms with van der Waals surface area (Å²) >= 11 is 6.06. The predicted octanol–water partition coefficient (Wildman–Crippen LogP) is 2.97. The number of carbonyl (C=O) groups is 1. The van der Waals surface area contributed by atoms with Crippen LogP contribution in [-0.4, -0.2) is 37.2 Å². The van der Waals surface area contributed by atoms with Gasteiger partial charge in [0.05, 0.1) is 24.1 Å². The fraction of sp³-hybridized carbons (Fsp3) is 0.200. The first-order chi connectivity index (χ1) is 14.2. The Morgan fingerprint density at radius 3 is 2.47 bits per heavy atom. The number of benzene rings is 2. The third-order valence-electron chi connectivity index (χ3n) is 4.37. The average Bonchev–Trinajstić information content (AvgIpc) is 3.12. The predicted molar refractivity (Wildman–Crippen MR) is 115 cm³/mol. The number of sulfonamides is 1. The largest absolute Gasteiger partial charge is 0.497 e. The normalized spacial score (nSPS) is 12.3. The Hall–Kier alpha value is -3.04. The summed E-state index contributed by atoms with van der Waals surface area (Å²) in [6.45, 7) is 0. The second-order valence-corrected chi connectivity index (χ2v) is 8.80. The summed E-state index contributed by atoms with van der Waals surface area (Å²) in [6, 6.07) is 11.1. The van der Waals surface area contributed by atoms with E-state index >= 15 is 0 Å². The van der Waals surface area contributed by atoms with Gasteiger partial charge in [0.2, 0.25) is 10.0 Å². The Morgan fingerprint density at radius 1 is 1.20 bits per heavy atom. The molecule has 2 aromatic carbocycles. The molecule has 2 N–H and O–H groups in total. The van der Waals surface area contributed by atoms with E-state index < -0.39 is 22.0 Å². The van der Waals surface area contributed by atoms with Gasteiger partial charge in [0.25, 0.3) is 5.91 Å². The quantitative estimate of drug-likeness (QED) is 0.578. The van der Waals surface area contributed by atoms with Crippen LogP contribution in [-0.2, 0) is 17.1 Å². The molecule has 0 radical (unpaired) electrons. The van der Waals surface area contributed by atoms with Crippen LogP contribution in [0.25, 0.3) is 0 Å². The highest BCUT2D eigenvalue weighted by molar-refractivity contribution is 7.92. The van der Waals surface area contributed by atoms with Crippen molar-refractivity contribution < 1.29 is 17.9 Å². The van der Waals surface area contributed by atoms with Crippen molar-refractivity contribution in [2.24, 2.45) is 7.05 Å². The number of nitrogens with one attached hydrogen (secondary N) is 2. The summed E-state index contributed by atoms with van der Waals surface area (Å²) in [4.78, 5) is 17.4. The lowest BCUT2D eigenvalue weighted by molar-refractivity contribution is 0.0941. The van der Waals surface area contributed by atoms with Crippen molar-refractivity contribution in [3.63, 3.8) is 0 Å². The minimum Gasteiger partial charge on any atom is -0.497 e. The molecule has 10 heteroatoms. The van der Waals surface area contributed by atoms with Crippen molar-refractivity contribution in [2.75, 3.05) is 18.1 Å². The molecule has 0 bridgehead atoms. The highest BCUT2D eigenvalue weighted by Crippen LogP contribution is 2.26. The van der Waals surface area contributed by atoms with Gasteiger partial charge in [0, 0.05) is 25.0 Å². The Balaban J connectivity index is 1.94. The maximum absolute atomic E-state index is 13.0. The van der Waals surface area contributed by atoms with Gasteiger partial charge in [-0.3, -0.25) is 9.52 Å². The average molecular weight is 449 g/mol. The van der Waals surface area contributed by atoms with Gasteiger partial charge in [-0.25, -0.2) is 13.4 Å². The Morgan fingerprint density at radius 2 is 1.90 bits per heavy atom. The molecule has 0 spiro atoms. The SMILES string of the molecule is COc1ccc(C(NC(=O)c2ccc(Cl)c(NS(C)(=O)=O)c2)c2nccn2C)cc1. The zero-order valence-electron chi connectivity index (χ0n) is 16.6. The number of imidazole rings is 1. The minimum atomic E-state index is -3.55. The van der Waals surface area contributed by atoms with Gasteiger partial charge in [0.15, 0.2) is 0 Å². The van der Waals surface area contributed by atoms with Crippen LogP contribution in [0.15, 0.2) is 54.9 Å². The number of hydrogen-bond acceptors (Lipinski definition) is 5. The molecular weight excluding hydrogens is 428 g/mol. The molecule has 3 aromatic rings. The Kier molecular flexibility index (Phi) is 6.33. The van der Waals surface area contributed by atoms with Gasteiger partial charge >= 0.3 is 0 Å². The van der Waals surface area contributed by atoms with Crippen molar-refractivity contribution in [1.82, 2.24) is 14.9 Å². The van der Waals surface area contributed by atoms with Crippen molar-refractivity contribution in [1.29, 1.82) is 0 Å². The standard InChI is InChI=1S/C20H21ClN4O4S/c1-25-11-10-22-19(25)18(13-4-7-15(29-2)8-5-13)23-20(26)14-6-9-16(21)17(12-14)24-30(3,27)28/h4-12,18,24H,1-3H3,(H,23,26). The third kappa shape index (κ3) is 5.11. The monoisotopic (exact) mass is 448 g/mol. The van der Waals surface area contributed by atoms with Gasteiger partial charge < -0.3 is 14.6 Å². The van der Waals surface area contributed by atoms with Gasteiger partial charge in [-0.1, -0.05) is 23.7 Å². The van der Waals surface area contributed by atoms with Crippen molar-refractivity contribution >= 4 is 33.2 Å². The zero-order valence-corrected chi connectivity index (χ0v) is 18.2. The summed E-state index contributed by atoms with van der Waals surface area (Å²) in [5.74, 6) is 0.918. The number of ether oxygens (including phenoxy) is 1. The summed E-state index contributed by atoms with van der Waals surface area (Å²) in [5, 5.41) is 3.14. The molecule has 0 aliphatic heterocycles. The van der Waals surface area contributed by atoms with Crippen LogP contribution in [0.5, 0.6) is 5.75 Å². The van der Waals surface area contributed by atoms with E-state index in [1.807, 2.05) is 23.7 Å². The lowest BCUT2D eigenvalue weighted by Gasteiger charge is -2.20. The van der Waals surface area contributed by atoms with Gasteiger partial charge in [-0.15, -0.1) is 0 Å². The smallest absolute Gasteiger partial charge is 0.252 e. The summed E-state index contributed by atoms with van der Waals surface area (Å²) in [6.07, 6.45) is 4.44. The number of carbonyl (C=O) groups excluding carboxylic acids is 1. The molecule has 3 rings (SSSR count). The molecule has 1 atom stereocenters. The highest BCUT2D eigenvalue weighted by atomic mass is 35.5. The maximum Gasteiger partial charge on any atom is 0.252 e. The first-order valence-electron chi connectivity index (χ1n) is 8.87. The van der Waals surface area contributed by atoms with Crippen LogP contribution in [0.2, 0.25) is 5.02 Å². The van der Waals surface area contributed by atoms with Gasteiger partial charge in [-0.05, 0) is 35.9 Å². The second-order valence-electron chi connectivity index (χ2n) is 6.64. The fourth-order valence-electron chi connectivity index (χ4n) is 2.91. The molecule has 30 heavy (non-hydrogen) atoms. The number of aromatic nitrogens is 2. The number of nitrogens with zero attached hydrogens (tertiary/aromatic N) is 2. The lowest BCUT2D eigenvalue weighted by atomic mass is 10.0. The molecule has 0 saturated carbocycles. The highest BCUT2D eigenvalue weighted by Gasteiger charge is 2.22.